The number of rotatable bonds is 12. The van der Waals surface area contributed by atoms with Gasteiger partial charge in [-0.15, -0.1) is 0 Å². The van der Waals surface area contributed by atoms with Crippen molar-refractivity contribution in [1.82, 2.24) is 19.7 Å². The standard InChI is InChI=1S/C26H26ClF3N6O5S/c1-40-14-24(10-11-24)42(38,39)36-20(37)16-2-8-19(9-3-16)31-21-32-22(34-23(33-21)41-15-26(28,29)30)35-25(12-13-25)17-4-6-18(27)7-5-17/h2-9H,10-15H2,1H3,(H,36,37)(H2,31,32,33,34,35). The molecule has 0 aliphatic heterocycles. The van der Waals surface area contributed by atoms with E-state index in [1.165, 1.54) is 31.4 Å². The number of aromatic nitrogens is 3. The molecule has 1 aromatic heterocycles. The molecule has 2 aliphatic carbocycles. The summed E-state index contributed by atoms with van der Waals surface area (Å²) in [7, 11) is -2.56. The SMILES string of the molecule is COCC1(S(=O)(=O)NC(=O)c2ccc(Nc3nc(NC4(c5ccc(Cl)cc5)CC4)nc(OCC(F)(F)F)n3)cc2)CC1. The number of sulfonamides is 1. The number of halogens is 4. The van der Waals surface area contributed by atoms with Crippen LogP contribution < -0.4 is 20.1 Å². The van der Waals surface area contributed by atoms with Gasteiger partial charge in [-0.25, -0.2) is 13.1 Å². The molecule has 42 heavy (non-hydrogen) atoms. The number of nitrogens with zero attached hydrogens (tertiary/aromatic N) is 3. The number of anilines is 3. The van der Waals surface area contributed by atoms with E-state index < -0.39 is 45.0 Å². The number of carbonyl (C=O) groups is 1. The second-order valence-electron chi connectivity index (χ2n) is 10.1. The van der Waals surface area contributed by atoms with Crippen molar-refractivity contribution < 1.29 is 35.9 Å². The second-order valence-corrected chi connectivity index (χ2v) is 12.6. The minimum absolute atomic E-state index is 0.0107. The fourth-order valence-electron chi connectivity index (χ4n) is 4.29. The summed E-state index contributed by atoms with van der Waals surface area (Å²) >= 11 is 6.00. The van der Waals surface area contributed by atoms with Crippen molar-refractivity contribution >= 4 is 45.1 Å². The first-order valence-electron chi connectivity index (χ1n) is 12.7. The van der Waals surface area contributed by atoms with Gasteiger partial charge in [-0.2, -0.15) is 28.1 Å². The molecule has 2 fully saturated rings. The third-order valence-corrected chi connectivity index (χ3v) is 9.27. The van der Waals surface area contributed by atoms with Crippen LogP contribution in [0.25, 0.3) is 0 Å². The molecule has 0 saturated heterocycles. The van der Waals surface area contributed by atoms with E-state index in [-0.39, 0.29) is 24.1 Å². The summed E-state index contributed by atoms with van der Waals surface area (Å²) < 4.78 is 74.5. The molecular formula is C26H26ClF3N6O5S. The van der Waals surface area contributed by atoms with E-state index in [9.17, 15) is 26.4 Å². The molecular weight excluding hydrogens is 601 g/mol. The number of amides is 1. The number of hydrogen-bond donors (Lipinski definition) is 3. The molecule has 2 aliphatic rings. The fourth-order valence-corrected chi connectivity index (χ4v) is 5.91. The smallest absolute Gasteiger partial charge is 0.422 e. The lowest BCUT2D eigenvalue weighted by Crippen LogP contribution is -2.42. The molecule has 2 aromatic carbocycles. The Labute approximate surface area is 244 Å². The molecule has 2 saturated carbocycles. The average molecular weight is 627 g/mol. The van der Waals surface area contributed by atoms with Crippen molar-refractivity contribution in [3.8, 4) is 6.01 Å². The number of methoxy groups -OCH3 is 1. The van der Waals surface area contributed by atoms with Gasteiger partial charge in [0.2, 0.25) is 21.9 Å². The molecule has 224 valence electrons. The van der Waals surface area contributed by atoms with Gasteiger partial charge < -0.3 is 20.1 Å². The molecule has 1 amide bonds. The predicted molar refractivity (Wildman–Crippen MR) is 147 cm³/mol. The second kappa shape index (κ2) is 11.2. The highest BCUT2D eigenvalue weighted by atomic mass is 35.5. The molecule has 11 nitrogen and oxygen atoms in total. The highest BCUT2D eigenvalue weighted by Gasteiger charge is 2.55. The van der Waals surface area contributed by atoms with Gasteiger partial charge in [-0.1, -0.05) is 23.7 Å². The van der Waals surface area contributed by atoms with Crippen molar-refractivity contribution in [3.05, 3.63) is 64.7 Å². The zero-order valence-electron chi connectivity index (χ0n) is 22.2. The van der Waals surface area contributed by atoms with Gasteiger partial charge >= 0.3 is 12.2 Å². The van der Waals surface area contributed by atoms with Crippen molar-refractivity contribution in [2.45, 2.75) is 42.1 Å². The molecule has 0 bridgehead atoms. The van der Waals surface area contributed by atoms with Crippen LogP contribution in [0.2, 0.25) is 5.02 Å². The Morgan fingerprint density at radius 2 is 1.62 bits per heavy atom. The van der Waals surface area contributed by atoms with E-state index in [0.717, 1.165) is 18.4 Å². The van der Waals surface area contributed by atoms with Crippen LogP contribution >= 0.6 is 11.6 Å². The van der Waals surface area contributed by atoms with Crippen molar-refractivity contribution in [2.24, 2.45) is 0 Å². The zero-order valence-corrected chi connectivity index (χ0v) is 23.7. The summed E-state index contributed by atoms with van der Waals surface area (Å²) in [5.74, 6) is -0.940. The predicted octanol–water partition coefficient (Wildman–Crippen LogP) is 4.55. The van der Waals surface area contributed by atoms with E-state index in [1.807, 2.05) is 12.1 Å². The number of hydrogen-bond acceptors (Lipinski definition) is 10. The zero-order chi connectivity index (χ0) is 30.2. The largest absolute Gasteiger partial charge is 0.454 e. The van der Waals surface area contributed by atoms with Crippen molar-refractivity contribution in [3.63, 3.8) is 0 Å². The third kappa shape index (κ3) is 6.85. The van der Waals surface area contributed by atoms with Crippen LogP contribution in [0.15, 0.2) is 48.5 Å². The quantitative estimate of drug-likeness (QED) is 0.262. The summed E-state index contributed by atoms with van der Waals surface area (Å²) in [4.78, 5) is 24.9. The molecule has 3 aromatic rings. The fraction of sp³-hybridized carbons (Fsp3) is 0.385. The van der Waals surface area contributed by atoms with Crippen LogP contribution in [0.5, 0.6) is 6.01 Å². The number of ether oxygens (including phenoxy) is 2. The Bertz CT molecular complexity index is 1560. The van der Waals surface area contributed by atoms with Gasteiger partial charge in [0.05, 0.1) is 12.1 Å². The van der Waals surface area contributed by atoms with Gasteiger partial charge in [-0.3, -0.25) is 4.79 Å². The molecule has 0 unspecified atom stereocenters. The van der Waals surface area contributed by atoms with Crippen LogP contribution in [-0.4, -0.2) is 60.5 Å². The van der Waals surface area contributed by atoms with Crippen LogP contribution in [0.4, 0.5) is 30.8 Å². The normalized spacial score (nSPS) is 16.8. The van der Waals surface area contributed by atoms with Crippen LogP contribution in [0.1, 0.15) is 41.6 Å². The van der Waals surface area contributed by atoms with E-state index in [0.29, 0.717) is 23.6 Å². The van der Waals surface area contributed by atoms with Crippen LogP contribution in [0.3, 0.4) is 0 Å². The van der Waals surface area contributed by atoms with Gasteiger partial charge in [0.1, 0.15) is 4.75 Å². The monoisotopic (exact) mass is 626 g/mol. The van der Waals surface area contributed by atoms with E-state index in [1.54, 1.807) is 12.1 Å². The molecule has 5 rings (SSSR count). The van der Waals surface area contributed by atoms with Crippen LogP contribution in [-0.2, 0) is 20.3 Å². The highest BCUT2D eigenvalue weighted by Crippen LogP contribution is 2.48. The Kier molecular flexibility index (Phi) is 7.94. The van der Waals surface area contributed by atoms with Gasteiger partial charge in [0, 0.05) is 23.4 Å². The lowest BCUT2D eigenvalue weighted by molar-refractivity contribution is -0.154. The topological polar surface area (TPSA) is 144 Å². The maximum Gasteiger partial charge on any atom is 0.422 e. The van der Waals surface area contributed by atoms with E-state index >= 15 is 0 Å². The van der Waals surface area contributed by atoms with Gasteiger partial charge in [0.15, 0.2) is 6.61 Å². The first kappa shape index (κ1) is 29.8. The Morgan fingerprint density at radius 1 is 0.976 bits per heavy atom. The minimum Gasteiger partial charge on any atom is -0.454 e. The van der Waals surface area contributed by atoms with Crippen LogP contribution in [0, 0.1) is 0 Å². The number of carbonyl (C=O) groups excluding carboxylic acids is 1. The van der Waals surface area contributed by atoms with Crippen molar-refractivity contribution in [2.75, 3.05) is 31.0 Å². The number of benzene rings is 2. The van der Waals surface area contributed by atoms with Gasteiger partial charge in [0.25, 0.3) is 5.91 Å². The minimum atomic E-state index is -4.61. The van der Waals surface area contributed by atoms with Gasteiger partial charge in [-0.05, 0) is 67.6 Å². The summed E-state index contributed by atoms with van der Waals surface area (Å²) in [6, 6.07) is 12.3. The third-order valence-electron chi connectivity index (χ3n) is 6.89. The van der Waals surface area contributed by atoms with Crippen molar-refractivity contribution in [1.29, 1.82) is 0 Å². The molecule has 3 N–H and O–H groups in total. The first-order chi connectivity index (χ1) is 19.8. The lowest BCUT2D eigenvalue weighted by atomic mass is 10.1. The number of alkyl halides is 3. The van der Waals surface area contributed by atoms with E-state index in [4.69, 9.17) is 21.1 Å². The highest BCUT2D eigenvalue weighted by molar-refractivity contribution is 7.91. The Morgan fingerprint density at radius 3 is 2.19 bits per heavy atom. The summed E-state index contributed by atoms with van der Waals surface area (Å²) in [5.41, 5.74) is 0.820. The molecule has 16 heteroatoms. The lowest BCUT2D eigenvalue weighted by Gasteiger charge is -2.19. The molecule has 1 heterocycles. The molecule has 0 radical (unpaired) electrons. The maximum absolute atomic E-state index is 12.8. The average Bonchev–Trinajstić information content (AvgIpc) is 3.85. The first-order valence-corrected chi connectivity index (χ1v) is 14.6. The Balaban J connectivity index is 1.32. The molecule has 0 atom stereocenters. The van der Waals surface area contributed by atoms with E-state index in [2.05, 4.69) is 30.3 Å². The number of nitrogens with one attached hydrogen (secondary N) is 3. The summed E-state index contributed by atoms with van der Waals surface area (Å²) in [5, 5.41) is 6.59. The Hall–Kier alpha value is -3.69. The maximum atomic E-state index is 12.8. The summed E-state index contributed by atoms with van der Waals surface area (Å²) in [6.07, 6.45) is -2.36. The molecule has 0 spiro atoms. The summed E-state index contributed by atoms with van der Waals surface area (Å²) in [6.45, 7) is -1.62.